The van der Waals surface area contributed by atoms with E-state index in [1.807, 2.05) is 0 Å². The van der Waals surface area contributed by atoms with E-state index in [0.29, 0.717) is 0 Å². The molecule has 9 heteroatoms. The highest BCUT2D eigenvalue weighted by molar-refractivity contribution is 8.14. The van der Waals surface area contributed by atoms with Gasteiger partial charge in [0, 0.05) is 36.0 Å². The number of pyridine rings is 1. The average Bonchev–Trinajstić information content (AvgIpc) is 2.80. The number of nitrogens with zero attached hydrogens (tertiary/aromatic N) is 2. The highest BCUT2D eigenvalue weighted by atomic mass is 35.7. The lowest BCUT2D eigenvalue weighted by molar-refractivity contribution is -0.117. The molecule has 0 radical (unpaired) electrons. The predicted octanol–water partition coefficient (Wildman–Crippen LogP) is 0.542. The summed E-state index contributed by atoms with van der Waals surface area (Å²) in [7, 11) is 2.64. The number of carbonyl (C=O) groups is 2. The van der Waals surface area contributed by atoms with Crippen molar-refractivity contribution >= 4 is 37.3 Å². The van der Waals surface area contributed by atoms with Gasteiger partial charge in [-0.3, -0.25) is 9.78 Å². The average molecular weight is 319 g/mol. The summed E-state index contributed by atoms with van der Waals surface area (Å²) < 4.78 is 27.2. The van der Waals surface area contributed by atoms with Gasteiger partial charge in [-0.25, -0.2) is 13.2 Å². The Morgan fingerprint density at radius 2 is 2.25 bits per heavy atom. The zero-order chi connectivity index (χ0) is 14.9. The molecule has 1 unspecified atom stereocenters. The molecule has 0 bridgehead atoms. The van der Waals surface area contributed by atoms with Crippen LogP contribution in [0.2, 0.25) is 0 Å². The fourth-order valence-corrected chi connectivity index (χ4v) is 3.01. The highest BCUT2D eigenvalue weighted by Gasteiger charge is 2.39. The molecule has 0 aromatic carbocycles. The zero-order valence-corrected chi connectivity index (χ0v) is 12.0. The molecule has 2 heterocycles. The van der Waals surface area contributed by atoms with E-state index >= 15 is 0 Å². The van der Waals surface area contributed by atoms with Crippen LogP contribution >= 0.6 is 10.7 Å². The molecule has 108 valence electrons. The highest BCUT2D eigenvalue weighted by Crippen LogP contribution is 2.29. The fourth-order valence-electron chi connectivity index (χ4n) is 1.99. The summed E-state index contributed by atoms with van der Waals surface area (Å²) in [5.41, 5.74) is 0.357. The molecule has 1 aromatic rings. The number of carbonyl (C=O) groups excluding carboxylic acids is 2. The van der Waals surface area contributed by atoms with Crippen LogP contribution in [0.5, 0.6) is 0 Å². The van der Waals surface area contributed by atoms with Gasteiger partial charge in [0.2, 0.25) is 15.0 Å². The molecule has 20 heavy (non-hydrogen) atoms. The summed E-state index contributed by atoms with van der Waals surface area (Å²) in [5.74, 6) is -1.08. The van der Waals surface area contributed by atoms with Gasteiger partial charge in [0.15, 0.2) is 0 Å². The number of anilines is 1. The van der Waals surface area contributed by atoms with Crippen LogP contribution in [0.3, 0.4) is 0 Å². The molecule has 1 amide bonds. The number of aromatic nitrogens is 1. The molecule has 1 aliphatic heterocycles. The third kappa shape index (κ3) is 2.75. The summed E-state index contributed by atoms with van der Waals surface area (Å²) in [4.78, 5) is 28.6. The van der Waals surface area contributed by atoms with Gasteiger partial charge in [0.1, 0.15) is 10.8 Å². The lowest BCUT2D eigenvalue weighted by atomic mass is 10.2. The molecule has 0 spiro atoms. The summed E-state index contributed by atoms with van der Waals surface area (Å²) in [6, 6.07) is 1.45. The van der Waals surface area contributed by atoms with E-state index in [-0.39, 0.29) is 24.2 Å². The Morgan fingerprint density at radius 1 is 1.55 bits per heavy atom. The minimum atomic E-state index is -3.84. The van der Waals surface area contributed by atoms with Gasteiger partial charge in [-0.2, -0.15) is 0 Å². The summed E-state index contributed by atoms with van der Waals surface area (Å²) in [6.07, 6.45) is 2.45. The molecule has 2 rings (SSSR count). The Labute approximate surface area is 119 Å². The number of amides is 1. The van der Waals surface area contributed by atoms with E-state index in [1.165, 1.54) is 30.5 Å². The Balaban J connectivity index is 2.38. The molecular weight excluding hydrogens is 308 g/mol. The van der Waals surface area contributed by atoms with Crippen LogP contribution in [0.4, 0.5) is 5.69 Å². The number of methoxy groups -OCH3 is 1. The van der Waals surface area contributed by atoms with Crippen LogP contribution in [0.15, 0.2) is 18.5 Å². The number of esters is 1. The summed E-state index contributed by atoms with van der Waals surface area (Å²) in [5, 5.41) is -0.990. The normalized spacial score (nSPS) is 19.2. The minimum Gasteiger partial charge on any atom is -0.465 e. The van der Waals surface area contributed by atoms with Gasteiger partial charge < -0.3 is 9.64 Å². The molecule has 0 N–H and O–H groups in total. The van der Waals surface area contributed by atoms with Crippen LogP contribution in [0.25, 0.3) is 0 Å². The van der Waals surface area contributed by atoms with Gasteiger partial charge in [-0.15, -0.1) is 0 Å². The number of rotatable bonds is 3. The maximum absolute atomic E-state index is 11.9. The third-order valence-electron chi connectivity index (χ3n) is 2.98. The smallest absolute Gasteiger partial charge is 0.341 e. The van der Waals surface area contributed by atoms with Crippen LogP contribution in [-0.2, 0) is 18.6 Å². The maximum atomic E-state index is 11.9. The quantitative estimate of drug-likeness (QED) is 0.596. The Bertz CT molecular complexity index is 661. The topological polar surface area (TPSA) is 93.6 Å². The fraction of sp³-hybridized carbons (Fsp3) is 0.364. The van der Waals surface area contributed by atoms with Crippen LogP contribution in [0.1, 0.15) is 16.8 Å². The van der Waals surface area contributed by atoms with Crippen LogP contribution in [-0.4, -0.2) is 44.2 Å². The van der Waals surface area contributed by atoms with Crippen molar-refractivity contribution in [3.63, 3.8) is 0 Å². The first-order chi connectivity index (χ1) is 9.34. The van der Waals surface area contributed by atoms with Crippen molar-refractivity contribution in [1.29, 1.82) is 0 Å². The van der Waals surface area contributed by atoms with Crippen LogP contribution in [0, 0.1) is 0 Å². The third-order valence-corrected chi connectivity index (χ3v) is 4.85. The zero-order valence-electron chi connectivity index (χ0n) is 10.4. The number of halogens is 1. The summed E-state index contributed by atoms with van der Waals surface area (Å²) in [6.45, 7) is -0.0985. The number of hydrogen-bond donors (Lipinski definition) is 0. The number of ether oxygens (including phenoxy) is 1. The molecule has 0 saturated carbocycles. The molecule has 1 aliphatic rings. The van der Waals surface area contributed by atoms with Crippen molar-refractivity contribution in [3.05, 3.63) is 24.0 Å². The first-order valence-corrected chi connectivity index (χ1v) is 7.98. The van der Waals surface area contributed by atoms with Gasteiger partial charge in [0.05, 0.1) is 12.8 Å². The van der Waals surface area contributed by atoms with Gasteiger partial charge in [-0.05, 0) is 6.07 Å². The second-order valence-electron chi connectivity index (χ2n) is 4.19. The molecule has 1 fully saturated rings. The van der Waals surface area contributed by atoms with Crippen molar-refractivity contribution in [3.8, 4) is 0 Å². The lowest BCUT2D eigenvalue weighted by Crippen LogP contribution is -2.28. The maximum Gasteiger partial charge on any atom is 0.341 e. The van der Waals surface area contributed by atoms with Crippen LogP contribution < -0.4 is 4.90 Å². The van der Waals surface area contributed by atoms with E-state index in [4.69, 9.17) is 10.7 Å². The predicted molar refractivity (Wildman–Crippen MR) is 71.1 cm³/mol. The van der Waals surface area contributed by atoms with Gasteiger partial charge >= 0.3 is 5.97 Å². The van der Waals surface area contributed by atoms with Crippen molar-refractivity contribution in [2.75, 3.05) is 18.6 Å². The molecule has 1 aromatic heterocycles. The number of hydrogen-bond acceptors (Lipinski definition) is 6. The molecule has 0 aliphatic carbocycles. The lowest BCUT2D eigenvalue weighted by Gasteiger charge is -2.18. The minimum absolute atomic E-state index is 0.0935. The standard InChI is InChI=1S/C11H11ClN2O5S/c1-19-11(16)8-5-13-3-2-9(8)14-6-7(4-10(14)15)20(12,17)18/h2-3,5,7H,4,6H2,1H3. The Hall–Kier alpha value is -1.67. The van der Waals surface area contributed by atoms with E-state index in [1.54, 1.807) is 0 Å². The van der Waals surface area contributed by atoms with E-state index < -0.39 is 26.2 Å². The first kappa shape index (κ1) is 14.7. The van der Waals surface area contributed by atoms with E-state index in [0.717, 1.165) is 0 Å². The van der Waals surface area contributed by atoms with E-state index in [9.17, 15) is 18.0 Å². The van der Waals surface area contributed by atoms with Gasteiger partial charge in [0.25, 0.3) is 0 Å². The van der Waals surface area contributed by atoms with Crippen molar-refractivity contribution in [1.82, 2.24) is 4.98 Å². The second kappa shape index (κ2) is 5.37. The SMILES string of the molecule is COC(=O)c1cnccc1N1CC(S(=O)(=O)Cl)CC1=O. The Morgan fingerprint density at radius 3 is 2.80 bits per heavy atom. The molecule has 1 saturated heterocycles. The molecular formula is C11H11ClN2O5S. The monoisotopic (exact) mass is 318 g/mol. The van der Waals surface area contributed by atoms with Gasteiger partial charge in [-0.1, -0.05) is 0 Å². The largest absolute Gasteiger partial charge is 0.465 e. The molecule has 7 nitrogen and oxygen atoms in total. The van der Waals surface area contributed by atoms with E-state index in [2.05, 4.69) is 9.72 Å². The van der Waals surface area contributed by atoms with Crippen molar-refractivity contribution in [2.24, 2.45) is 0 Å². The first-order valence-electron chi connectivity index (χ1n) is 5.60. The van der Waals surface area contributed by atoms with Crippen molar-refractivity contribution < 1.29 is 22.7 Å². The molecule has 1 atom stereocenters. The van der Waals surface area contributed by atoms with Crippen molar-refractivity contribution in [2.45, 2.75) is 11.7 Å². The Kier molecular flexibility index (Phi) is 3.96. The second-order valence-corrected chi connectivity index (χ2v) is 7.10. The summed E-state index contributed by atoms with van der Waals surface area (Å²) >= 11 is 0.